The summed E-state index contributed by atoms with van der Waals surface area (Å²) in [6, 6.07) is 0.102. The van der Waals surface area contributed by atoms with Gasteiger partial charge in [-0.25, -0.2) is 0 Å². The first kappa shape index (κ1) is 12.5. The standard InChI is InChI=1S/C11H18N2OS.ClH/c14-10(9-6-15-8-12-9)13-5-4-11(7-13)2-1-3-11;/h9,12H,1-8H2;1H/t9-;/m1./s1. The van der Waals surface area contributed by atoms with Crippen molar-refractivity contribution in [2.75, 3.05) is 24.7 Å². The summed E-state index contributed by atoms with van der Waals surface area (Å²) in [6.45, 7) is 2.04. The SMILES string of the molecule is Cl.O=C([C@H]1CSCN1)N1CCC2(CCC2)C1. The summed E-state index contributed by atoms with van der Waals surface area (Å²) in [5.74, 6) is 2.25. The summed E-state index contributed by atoms with van der Waals surface area (Å²) in [7, 11) is 0. The Kier molecular flexibility index (Phi) is 3.72. The first-order valence-corrected chi connectivity index (χ1v) is 7.05. The van der Waals surface area contributed by atoms with Crippen LogP contribution in [0.5, 0.6) is 0 Å². The Balaban J connectivity index is 0.000000963. The van der Waals surface area contributed by atoms with E-state index in [4.69, 9.17) is 0 Å². The Morgan fingerprint density at radius 2 is 2.19 bits per heavy atom. The van der Waals surface area contributed by atoms with Crippen molar-refractivity contribution in [2.24, 2.45) is 5.41 Å². The topological polar surface area (TPSA) is 32.3 Å². The Bertz CT molecular complexity index is 277. The number of halogens is 1. The summed E-state index contributed by atoms with van der Waals surface area (Å²) >= 11 is 1.83. The van der Waals surface area contributed by atoms with Crippen molar-refractivity contribution in [3.8, 4) is 0 Å². The number of hydrogen-bond donors (Lipinski definition) is 1. The molecule has 2 saturated heterocycles. The van der Waals surface area contributed by atoms with Gasteiger partial charge in [0.25, 0.3) is 0 Å². The first-order valence-electron chi connectivity index (χ1n) is 5.89. The molecule has 1 spiro atoms. The molecular weight excluding hydrogens is 244 g/mol. The summed E-state index contributed by atoms with van der Waals surface area (Å²) in [6.07, 6.45) is 5.32. The van der Waals surface area contributed by atoms with E-state index in [-0.39, 0.29) is 18.4 Å². The highest BCUT2D eigenvalue weighted by molar-refractivity contribution is 7.99. The molecule has 92 valence electrons. The maximum Gasteiger partial charge on any atom is 0.240 e. The molecule has 3 aliphatic rings. The largest absolute Gasteiger partial charge is 0.341 e. The number of thioether (sulfide) groups is 1. The van der Waals surface area contributed by atoms with Crippen LogP contribution in [0.15, 0.2) is 0 Å². The molecule has 16 heavy (non-hydrogen) atoms. The number of nitrogens with zero attached hydrogens (tertiary/aromatic N) is 1. The van der Waals surface area contributed by atoms with Crippen molar-refractivity contribution in [2.45, 2.75) is 31.7 Å². The van der Waals surface area contributed by atoms with Gasteiger partial charge in [0.05, 0.1) is 6.04 Å². The van der Waals surface area contributed by atoms with Crippen molar-refractivity contribution in [1.82, 2.24) is 10.2 Å². The molecule has 1 saturated carbocycles. The molecule has 0 bridgehead atoms. The molecule has 1 aliphatic carbocycles. The second-order valence-electron chi connectivity index (χ2n) is 5.14. The lowest BCUT2D eigenvalue weighted by molar-refractivity contribution is -0.132. The number of hydrogen-bond acceptors (Lipinski definition) is 3. The monoisotopic (exact) mass is 262 g/mol. The van der Waals surface area contributed by atoms with Gasteiger partial charge >= 0.3 is 0 Å². The van der Waals surface area contributed by atoms with Crippen LogP contribution in [-0.2, 0) is 4.79 Å². The van der Waals surface area contributed by atoms with Gasteiger partial charge in [-0.05, 0) is 24.7 Å². The fraction of sp³-hybridized carbons (Fsp3) is 0.909. The van der Waals surface area contributed by atoms with E-state index in [0.717, 1.165) is 24.7 Å². The highest BCUT2D eigenvalue weighted by Crippen LogP contribution is 2.48. The molecule has 0 aromatic rings. The number of carbonyl (C=O) groups excluding carboxylic acids is 1. The predicted octanol–water partition coefficient (Wildman–Crippen LogP) is 1.47. The smallest absolute Gasteiger partial charge is 0.240 e. The van der Waals surface area contributed by atoms with Gasteiger partial charge in [0, 0.05) is 24.7 Å². The maximum absolute atomic E-state index is 12.1. The zero-order valence-corrected chi connectivity index (χ0v) is 11.0. The molecule has 3 fully saturated rings. The molecular formula is C11H19ClN2OS. The molecule has 2 heterocycles. The maximum atomic E-state index is 12.1. The van der Waals surface area contributed by atoms with Gasteiger partial charge in [0.1, 0.15) is 0 Å². The Hall–Kier alpha value is 0.0700. The second-order valence-corrected chi connectivity index (χ2v) is 6.17. The van der Waals surface area contributed by atoms with Crippen molar-refractivity contribution < 1.29 is 4.79 Å². The summed E-state index contributed by atoms with van der Waals surface area (Å²) in [5.41, 5.74) is 0.543. The van der Waals surface area contributed by atoms with Crippen LogP contribution < -0.4 is 5.32 Å². The van der Waals surface area contributed by atoms with E-state index in [9.17, 15) is 4.79 Å². The van der Waals surface area contributed by atoms with Crippen LogP contribution in [-0.4, -0.2) is 41.6 Å². The van der Waals surface area contributed by atoms with Gasteiger partial charge < -0.3 is 4.90 Å². The van der Waals surface area contributed by atoms with Crippen molar-refractivity contribution in [3.63, 3.8) is 0 Å². The van der Waals surface area contributed by atoms with Gasteiger partial charge in [-0.1, -0.05) is 6.42 Å². The Morgan fingerprint density at radius 3 is 2.69 bits per heavy atom. The van der Waals surface area contributed by atoms with E-state index in [1.807, 2.05) is 11.8 Å². The number of nitrogens with one attached hydrogen (secondary N) is 1. The normalized spacial score (nSPS) is 31.2. The molecule has 2 aliphatic heterocycles. The number of amides is 1. The third-order valence-electron chi connectivity index (χ3n) is 4.18. The van der Waals surface area contributed by atoms with E-state index < -0.39 is 0 Å². The predicted molar refractivity (Wildman–Crippen MR) is 69.0 cm³/mol. The fourth-order valence-corrected chi connectivity index (χ4v) is 3.92. The van der Waals surface area contributed by atoms with Crippen LogP contribution in [0, 0.1) is 5.41 Å². The summed E-state index contributed by atoms with van der Waals surface area (Å²) in [4.78, 5) is 14.2. The highest BCUT2D eigenvalue weighted by atomic mass is 35.5. The molecule has 0 unspecified atom stereocenters. The van der Waals surface area contributed by atoms with E-state index in [1.54, 1.807) is 0 Å². The minimum absolute atomic E-state index is 0. The third kappa shape index (κ3) is 2.07. The summed E-state index contributed by atoms with van der Waals surface area (Å²) in [5, 5.41) is 3.27. The fourth-order valence-electron chi connectivity index (χ4n) is 2.98. The number of likely N-dealkylation sites (tertiary alicyclic amines) is 1. The average molecular weight is 263 g/mol. The quantitative estimate of drug-likeness (QED) is 0.777. The molecule has 0 radical (unpaired) electrons. The van der Waals surface area contributed by atoms with Crippen molar-refractivity contribution in [1.29, 1.82) is 0 Å². The van der Waals surface area contributed by atoms with Crippen LogP contribution in [0.25, 0.3) is 0 Å². The van der Waals surface area contributed by atoms with Crippen LogP contribution in [0.2, 0.25) is 0 Å². The number of rotatable bonds is 1. The van der Waals surface area contributed by atoms with Crippen LogP contribution >= 0.6 is 24.2 Å². The zero-order valence-electron chi connectivity index (χ0n) is 9.41. The lowest BCUT2D eigenvalue weighted by atomic mass is 9.68. The van der Waals surface area contributed by atoms with Crippen LogP contribution in [0.3, 0.4) is 0 Å². The van der Waals surface area contributed by atoms with Crippen molar-refractivity contribution in [3.05, 3.63) is 0 Å². The van der Waals surface area contributed by atoms with Gasteiger partial charge in [-0.3, -0.25) is 10.1 Å². The minimum atomic E-state index is 0. The lowest BCUT2D eigenvalue weighted by Crippen LogP contribution is -2.45. The molecule has 3 nitrogen and oxygen atoms in total. The highest BCUT2D eigenvalue weighted by Gasteiger charge is 2.45. The van der Waals surface area contributed by atoms with Gasteiger partial charge in [0.2, 0.25) is 5.91 Å². The zero-order chi connectivity index (χ0) is 10.3. The molecule has 1 N–H and O–H groups in total. The van der Waals surface area contributed by atoms with E-state index >= 15 is 0 Å². The summed E-state index contributed by atoms with van der Waals surface area (Å²) < 4.78 is 0. The van der Waals surface area contributed by atoms with Crippen LogP contribution in [0.4, 0.5) is 0 Å². The molecule has 1 amide bonds. The molecule has 3 rings (SSSR count). The number of carbonyl (C=O) groups is 1. The molecule has 0 aromatic carbocycles. The average Bonchev–Trinajstić information content (AvgIpc) is 2.85. The minimum Gasteiger partial charge on any atom is -0.341 e. The van der Waals surface area contributed by atoms with E-state index in [2.05, 4.69) is 10.2 Å². The second kappa shape index (κ2) is 4.75. The van der Waals surface area contributed by atoms with Crippen LogP contribution in [0.1, 0.15) is 25.7 Å². The van der Waals surface area contributed by atoms with Gasteiger partial charge in [-0.15, -0.1) is 24.2 Å². The third-order valence-corrected chi connectivity index (χ3v) is 5.12. The van der Waals surface area contributed by atoms with Crippen molar-refractivity contribution >= 4 is 30.1 Å². The molecule has 0 aromatic heterocycles. The Labute approximate surface area is 107 Å². The van der Waals surface area contributed by atoms with E-state index in [0.29, 0.717) is 11.3 Å². The first-order chi connectivity index (χ1) is 7.29. The van der Waals surface area contributed by atoms with Gasteiger partial charge in [0.15, 0.2) is 0 Å². The molecule has 5 heteroatoms. The van der Waals surface area contributed by atoms with E-state index in [1.165, 1.54) is 25.7 Å². The molecule has 1 atom stereocenters. The Morgan fingerprint density at radius 1 is 1.38 bits per heavy atom. The van der Waals surface area contributed by atoms with Gasteiger partial charge in [-0.2, -0.15) is 0 Å². The lowest BCUT2D eigenvalue weighted by Gasteiger charge is -2.38.